The van der Waals surface area contributed by atoms with Crippen LogP contribution in [0.25, 0.3) is 0 Å². The van der Waals surface area contributed by atoms with Gasteiger partial charge in [-0.3, -0.25) is 0 Å². The highest BCUT2D eigenvalue weighted by molar-refractivity contribution is 6.30. The van der Waals surface area contributed by atoms with Crippen molar-refractivity contribution in [2.24, 2.45) is 5.73 Å². The zero-order valence-corrected chi connectivity index (χ0v) is 12.6. The van der Waals surface area contributed by atoms with Crippen LogP contribution in [0.1, 0.15) is 29.5 Å². The quantitative estimate of drug-likeness (QED) is 0.935. The van der Waals surface area contributed by atoms with Gasteiger partial charge in [0.05, 0.1) is 13.7 Å². The Bertz CT molecular complexity index is 644. The van der Waals surface area contributed by atoms with Crippen molar-refractivity contribution in [3.05, 3.63) is 58.6 Å². The van der Waals surface area contributed by atoms with E-state index in [1.807, 2.05) is 36.4 Å². The number of nitrogens with two attached hydrogens (primary N) is 1. The van der Waals surface area contributed by atoms with Gasteiger partial charge in [-0.25, -0.2) is 0 Å². The Labute approximate surface area is 129 Å². The molecule has 0 saturated heterocycles. The minimum absolute atomic E-state index is 0.177. The third-order valence-electron chi connectivity index (χ3n) is 3.99. The molecule has 0 spiro atoms. The smallest absolute Gasteiger partial charge is 0.123 e. The third kappa shape index (κ3) is 2.71. The number of methoxy groups -OCH3 is 1. The van der Waals surface area contributed by atoms with Gasteiger partial charge < -0.3 is 15.2 Å². The molecular formula is C17H18ClNO2. The average Bonchev–Trinajstić information content (AvgIpc) is 2.53. The maximum atomic E-state index is 6.54. The van der Waals surface area contributed by atoms with E-state index in [2.05, 4.69) is 6.07 Å². The van der Waals surface area contributed by atoms with Crippen molar-refractivity contribution in [1.29, 1.82) is 0 Å². The first-order valence-corrected chi connectivity index (χ1v) is 7.39. The van der Waals surface area contributed by atoms with Crippen LogP contribution >= 0.6 is 11.6 Å². The standard InChI is InChI=1S/C17H18ClNO2/c1-20-15-7-6-11(18)10-14(15)17(19)13-8-9-21-16-5-3-2-4-12(13)16/h2-7,10,13,17H,8-9,19H2,1H3. The van der Waals surface area contributed by atoms with Gasteiger partial charge in [-0.1, -0.05) is 29.8 Å². The molecule has 1 aliphatic heterocycles. The summed E-state index contributed by atoms with van der Waals surface area (Å²) in [4.78, 5) is 0. The highest BCUT2D eigenvalue weighted by Crippen LogP contribution is 2.42. The fourth-order valence-corrected chi connectivity index (χ4v) is 3.11. The van der Waals surface area contributed by atoms with Crippen molar-refractivity contribution in [3.63, 3.8) is 0 Å². The maximum Gasteiger partial charge on any atom is 0.123 e. The summed E-state index contributed by atoms with van der Waals surface area (Å²) in [6.45, 7) is 0.679. The van der Waals surface area contributed by atoms with Gasteiger partial charge in [0.25, 0.3) is 0 Å². The molecule has 0 aliphatic carbocycles. The van der Waals surface area contributed by atoms with Crippen molar-refractivity contribution >= 4 is 11.6 Å². The van der Waals surface area contributed by atoms with Crippen molar-refractivity contribution in [3.8, 4) is 11.5 Å². The summed E-state index contributed by atoms with van der Waals surface area (Å²) >= 11 is 6.12. The molecule has 0 fully saturated rings. The van der Waals surface area contributed by atoms with Gasteiger partial charge in [0.1, 0.15) is 11.5 Å². The van der Waals surface area contributed by atoms with Crippen LogP contribution in [-0.4, -0.2) is 13.7 Å². The Balaban J connectivity index is 2.00. The summed E-state index contributed by atoms with van der Waals surface area (Å²) in [6.07, 6.45) is 0.883. The molecule has 2 aromatic carbocycles. The Morgan fingerprint density at radius 2 is 2.10 bits per heavy atom. The Morgan fingerprint density at radius 1 is 1.29 bits per heavy atom. The van der Waals surface area contributed by atoms with Crippen LogP contribution in [0.15, 0.2) is 42.5 Å². The molecule has 2 atom stereocenters. The number of ether oxygens (including phenoxy) is 2. The normalized spacial score (nSPS) is 18.5. The number of benzene rings is 2. The third-order valence-corrected chi connectivity index (χ3v) is 4.22. The van der Waals surface area contributed by atoms with E-state index in [1.165, 1.54) is 0 Å². The lowest BCUT2D eigenvalue weighted by Crippen LogP contribution is -2.25. The predicted octanol–water partition coefficient (Wildman–Crippen LogP) is 3.91. The van der Waals surface area contributed by atoms with Gasteiger partial charge in [-0.05, 0) is 36.2 Å². The molecule has 2 aromatic rings. The molecule has 2 N–H and O–H groups in total. The summed E-state index contributed by atoms with van der Waals surface area (Å²) in [7, 11) is 1.65. The predicted molar refractivity (Wildman–Crippen MR) is 84.2 cm³/mol. The molecule has 3 rings (SSSR count). The number of fused-ring (bicyclic) bond motifs is 1. The molecule has 0 bridgehead atoms. The Morgan fingerprint density at radius 3 is 2.90 bits per heavy atom. The van der Waals surface area contributed by atoms with Gasteiger partial charge in [-0.15, -0.1) is 0 Å². The van der Waals surface area contributed by atoms with Crippen molar-refractivity contribution in [2.45, 2.75) is 18.4 Å². The van der Waals surface area contributed by atoms with Crippen LogP contribution in [0, 0.1) is 0 Å². The average molecular weight is 304 g/mol. The van der Waals surface area contributed by atoms with Crippen molar-refractivity contribution in [2.75, 3.05) is 13.7 Å². The van der Waals surface area contributed by atoms with Gasteiger partial charge in [0.2, 0.25) is 0 Å². The monoisotopic (exact) mass is 303 g/mol. The molecule has 1 aliphatic rings. The molecule has 3 nitrogen and oxygen atoms in total. The highest BCUT2D eigenvalue weighted by atomic mass is 35.5. The summed E-state index contributed by atoms with van der Waals surface area (Å²) in [6, 6.07) is 13.5. The molecule has 2 unspecified atom stereocenters. The zero-order valence-electron chi connectivity index (χ0n) is 11.9. The SMILES string of the molecule is COc1ccc(Cl)cc1C(N)C1CCOc2ccccc21. The van der Waals surface area contributed by atoms with E-state index in [1.54, 1.807) is 7.11 Å². The summed E-state index contributed by atoms with van der Waals surface area (Å²) in [5, 5.41) is 0.668. The number of halogens is 1. The number of rotatable bonds is 3. The van der Waals surface area contributed by atoms with Crippen molar-refractivity contribution < 1.29 is 9.47 Å². The van der Waals surface area contributed by atoms with Gasteiger partial charge in [0, 0.05) is 22.5 Å². The van der Waals surface area contributed by atoms with Crippen LogP contribution in [0.5, 0.6) is 11.5 Å². The Hall–Kier alpha value is -1.71. The largest absolute Gasteiger partial charge is 0.496 e. The summed E-state index contributed by atoms with van der Waals surface area (Å²) in [5.74, 6) is 1.89. The van der Waals surface area contributed by atoms with E-state index in [0.717, 1.165) is 29.0 Å². The molecule has 0 amide bonds. The summed E-state index contributed by atoms with van der Waals surface area (Å²) < 4.78 is 11.1. The topological polar surface area (TPSA) is 44.5 Å². The Kier molecular flexibility index (Phi) is 4.04. The second-order valence-electron chi connectivity index (χ2n) is 5.19. The van der Waals surface area contributed by atoms with E-state index in [-0.39, 0.29) is 12.0 Å². The lowest BCUT2D eigenvalue weighted by Gasteiger charge is -2.31. The number of para-hydroxylation sites is 1. The molecule has 110 valence electrons. The first-order chi connectivity index (χ1) is 10.2. The number of hydrogen-bond acceptors (Lipinski definition) is 3. The summed E-state index contributed by atoms with van der Waals surface area (Å²) in [5.41, 5.74) is 8.62. The van der Waals surface area contributed by atoms with E-state index in [0.29, 0.717) is 11.6 Å². The van der Waals surface area contributed by atoms with Crippen molar-refractivity contribution in [1.82, 2.24) is 0 Å². The molecule has 4 heteroatoms. The van der Waals surface area contributed by atoms with E-state index >= 15 is 0 Å². The second-order valence-corrected chi connectivity index (χ2v) is 5.63. The van der Waals surface area contributed by atoms with E-state index < -0.39 is 0 Å². The van der Waals surface area contributed by atoms with Crippen LogP contribution in [0.2, 0.25) is 5.02 Å². The highest BCUT2D eigenvalue weighted by Gasteiger charge is 2.29. The molecule has 0 radical (unpaired) electrons. The van der Waals surface area contributed by atoms with Crippen LogP contribution in [-0.2, 0) is 0 Å². The van der Waals surface area contributed by atoms with Gasteiger partial charge in [-0.2, -0.15) is 0 Å². The molecular weight excluding hydrogens is 286 g/mol. The maximum absolute atomic E-state index is 6.54. The van der Waals surface area contributed by atoms with Crippen LogP contribution in [0.4, 0.5) is 0 Å². The zero-order chi connectivity index (χ0) is 14.8. The van der Waals surface area contributed by atoms with E-state index in [9.17, 15) is 0 Å². The lowest BCUT2D eigenvalue weighted by atomic mass is 9.83. The minimum Gasteiger partial charge on any atom is -0.496 e. The fraction of sp³-hybridized carbons (Fsp3) is 0.294. The molecule has 21 heavy (non-hydrogen) atoms. The van der Waals surface area contributed by atoms with Crippen LogP contribution in [0.3, 0.4) is 0 Å². The van der Waals surface area contributed by atoms with E-state index in [4.69, 9.17) is 26.8 Å². The fourth-order valence-electron chi connectivity index (χ4n) is 2.93. The van der Waals surface area contributed by atoms with Crippen LogP contribution < -0.4 is 15.2 Å². The first-order valence-electron chi connectivity index (χ1n) is 7.01. The van der Waals surface area contributed by atoms with Gasteiger partial charge >= 0.3 is 0 Å². The first kappa shape index (κ1) is 14.2. The molecule has 1 heterocycles. The second kappa shape index (κ2) is 5.96. The van der Waals surface area contributed by atoms with Gasteiger partial charge in [0.15, 0.2) is 0 Å². The lowest BCUT2D eigenvalue weighted by molar-refractivity contribution is 0.254. The minimum atomic E-state index is -0.177. The number of hydrogen-bond donors (Lipinski definition) is 1. The molecule has 0 saturated carbocycles. The molecule has 0 aromatic heterocycles.